The van der Waals surface area contributed by atoms with Gasteiger partial charge in [0, 0.05) is 37.6 Å². The number of esters is 1. The second-order valence-electron chi connectivity index (χ2n) is 5.31. The third-order valence-electron chi connectivity index (χ3n) is 3.81. The van der Waals surface area contributed by atoms with Crippen LogP contribution in [0.3, 0.4) is 0 Å². The summed E-state index contributed by atoms with van der Waals surface area (Å²) in [5.41, 5.74) is 0. The number of nitrogens with zero attached hydrogens (tertiary/aromatic N) is 2. The molecule has 0 aromatic heterocycles. The first kappa shape index (κ1) is 18.7. The van der Waals surface area contributed by atoms with E-state index in [0.29, 0.717) is 18.1 Å². The van der Waals surface area contributed by atoms with Crippen LogP contribution in [0.25, 0.3) is 0 Å². The Morgan fingerprint density at radius 2 is 1.67 bits per heavy atom. The average molecular weight is 375 g/mol. The molecule has 1 saturated heterocycles. The summed E-state index contributed by atoms with van der Waals surface area (Å²) in [6, 6.07) is 5.99. The lowest BCUT2D eigenvalue weighted by atomic mass is 10.2. The topological polar surface area (TPSA) is 84.0 Å². The number of piperazine rings is 1. The number of rotatable bonds is 5. The minimum Gasteiger partial charge on any atom is -0.469 e. The summed E-state index contributed by atoms with van der Waals surface area (Å²) < 4.78 is 30.9. The lowest BCUT2D eigenvalue weighted by Crippen LogP contribution is -2.50. The average Bonchev–Trinajstić information content (AvgIpc) is 2.59. The standard InChI is InChI=1S/C15H19ClN2O5S/c1-23-15(20)7-6-14(19)17-8-10-18(11-9-17)24(21,22)13-4-2-12(16)3-5-13/h2-5H,6-11H2,1H3. The van der Waals surface area contributed by atoms with E-state index in [0.717, 1.165) is 0 Å². The lowest BCUT2D eigenvalue weighted by molar-refractivity contribution is -0.143. The van der Waals surface area contributed by atoms with Crippen molar-refractivity contribution in [2.75, 3.05) is 33.3 Å². The summed E-state index contributed by atoms with van der Waals surface area (Å²) in [7, 11) is -2.32. The van der Waals surface area contributed by atoms with Crippen LogP contribution in [0.2, 0.25) is 5.02 Å². The van der Waals surface area contributed by atoms with Gasteiger partial charge in [-0.15, -0.1) is 0 Å². The highest BCUT2D eigenvalue weighted by molar-refractivity contribution is 7.89. The first-order valence-corrected chi connectivity index (χ1v) is 9.26. The molecule has 1 aliphatic heterocycles. The van der Waals surface area contributed by atoms with E-state index >= 15 is 0 Å². The highest BCUT2D eigenvalue weighted by Gasteiger charge is 2.30. The molecule has 1 aliphatic rings. The molecule has 132 valence electrons. The van der Waals surface area contributed by atoms with Crippen LogP contribution < -0.4 is 0 Å². The molecular formula is C15H19ClN2O5S. The van der Waals surface area contributed by atoms with Gasteiger partial charge in [-0.25, -0.2) is 8.42 Å². The summed E-state index contributed by atoms with van der Waals surface area (Å²) >= 11 is 5.78. The van der Waals surface area contributed by atoms with E-state index in [1.807, 2.05) is 0 Å². The number of carbonyl (C=O) groups is 2. The SMILES string of the molecule is COC(=O)CCC(=O)N1CCN(S(=O)(=O)c2ccc(Cl)cc2)CC1. The smallest absolute Gasteiger partial charge is 0.306 e. The number of halogens is 1. The fraction of sp³-hybridized carbons (Fsp3) is 0.467. The van der Waals surface area contributed by atoms with Gasteiger partial charge in [0.2, 0.25) is 15.9 Å². The molecule has 1 heterocycles. The summed E-state index contributed by atoms with van der Waals surface area (Å²) in [6.07, 6.45) is 0.0925. The molecule has 0 spiro atoms. The normalized spacial score (nSPS) is 16.0. The van der Waals surface area contributed by atoms with E-state index in [2.05, 4.69) is 4.74 Å². The van der Waals surface area contributed by atoms with Gasteiger partial charge in [-0.3, -0.25) is 9.59 Å². The minimum atomic E-state index is -3.59. The van der Waals surface area contributed by atoms with Crippen LogP contribution in [0.4, 0.5) is 0 Å². The van der Waals surface area contributed by atoms with Crippen molar-refractivity contribution in [2.45, 2.75) is 17.7 Å². The Morgan fingerprint density at radius 3 is 2.21 bits per heavy atom. The molecule has 1 aromatic carbocycles. The van der Waals surface area contributed by atoms with Crippen molar-refractivity contribution in [2.24, 2.45) is 0 Å². The van der Waals surface area contributed by atoms with Crippen LogP contribution in [-0.4, -0.2) is 62.8 Å². The van der Waals surface area contributed by atoms with E-state index in [1.165, 1.54) is 35.7 Å². The molecule has 0 saturated carbocycles. The Bertz CT molecular complexity index is 697. The summed E-state index contributed by atoms with van der Waals surface area (Å²) in [5, 5.41) is 0.468. The third kappa shape index (κ3) is 4.46. The number of amides is 1. The first-order valence-electron chi connectivity index (χ1n) is 7.45. The molecule has 24 heavy (non-hydrogen) atoms. The van der Waals surface area contributed by atoms with Gasteiger partial charge in [0.1, 0.15) is 0 Å². The molecule has 0 N–H and O–H groups in total. The monoisotopic (exact) mass is 374 g/mol. The zero-order valence-corrected chi connectivity index (χ0v) is 14.8. The molecule has 0 unspecified atom stereocenters. The Morgan fingerprint density at radius 1 is 1.08 bits per heavy atom. The van der Waals surface area contributed by atoms with Crippen molar-refractivity contribution in [1.29, 1.82) is 0 Å². The van der Waals surface area contributed by atoms with Crippen molar-refractivity contribution in [1.82, 2.24) is 9.21 Å². The number of benzene rings is 1. The van der Waals surface area contributed by atoms with E-state index < -0.39 is 16.0 Å². The highest BCUT2D eigenvalue weighted by atomic mass is 35.5. The van der Waals surface area contributed by atoms with Gasteiger partial charge >= 0.3 is 5.97 Å². The Balaban J connectivity index is 1.93. The quantitative estimate of drug-likeness (QED) is 0.721. The molecule has 0 bridgehead atoms. The molecule has 0 radical (unpaired) electrons. The van der Waals surface area contributed by atoms with Crippen LogP contribution in [0.15, 0.2) is 29.2 Å². The van der Waals surface area contributed by atoms with Gasteiger partial charge in [0.25, 0.3) is 0 Å². The summed E-state index contributed by atoms with van der Waals surface area (Å²) in [5.74, 6) is -0.615. The molecule has 1 amide bonds. The first-order chi connectivity index (χ1) is 11.3. The number of sulfonamides is 1. The molecule has 7 nitrogen and oxygen atoms in total. The third-order valence-corrected chi connectivity index (χ3v) is 5.98. The molecule has 0 atom stereocenters. The largest absolute Gasteiger partial charge is 0.469 e. The van der Waals surface area contributed by atoms with Gasteiger partial charge < -0.3 is 9.64 Å². The number of methoxy groups -OCH3 is 1. The van der Waals surface area contributed by atoms with Crippen LogP contribution >= 0.6 is 11.6 Å². The minimum absolute atomic E-state index is 0.0264. The number of carbonyl (C=O) groups excluding carboxylic acids is 2. The maximum Gasteiger partial charge on any atom is 0.306 e. The van der Waals surface area contributed by atoms with Gasteiger partial charge in [-0.2, -0.15) is 4.31 Å². The number of ether oxygens (including phenoxy) is 1. The fourth-order valence-electron chi connectivity index (χ4n) is 2.40. The van der Waals surface area contributed by atoms with Crippen LogP contribution in [0, 0.1) is 0 Å². The second kappa shape index (κ2) is 7.96. The fourth-order valence-corrected chi connectivity index (χ4v) is 3.95. The Hall–Kier alpha value is -1.64. The zero-order valence-electron chi connectivity index (χ0n) is 13.3. The van der Waals surface area contributed by atoms with E-state index in [1.54, 1.807) is 4.90 Å². The van der Waals surface area contributed by atoms with Gasteiger partial charge in [0.05, 0.1) is 18.4 Å². The van der Waals surface area contributed by atoms with E-state index in [4.69, 9.17) is 11.6 Å². The van der Waals surface area contributed by atoms with Crippen molar-refractivity contribution in [3.8, 4) is 0 Å². The Labute approximate surface area is 146 Å². The van der Waals surface area contributed by atoms with Crippen molar-refractivity contribution >= 4 is 33.5 Å². The van der Waals surface area contributed by atoms with Crippen molar-refractivity contribution < 1.29 is 22.7 Å². The number of hydrogen-bond donors (Lipinski definition) is 0. The second-order valence-corrected chi connectivity index (χ2v) is 7.69. The summed E-state index contributed by atoms with van der Waals surface area (Å²) in [6.45, 7) is 1.03. The van der Waals surface area contributed by atoms with Crippen LogP contribution in [0.5, 0.6) is 0 Å². The van der Waals surface area contributed by atoms with Crippen LogP contribution in [0.1, 0.15) is 12.8 Å². The maximum atomic E-state index is 12.5. The lowest BCUT2D eigenvalue weighted by Gasteiger charge is -2.34. The molecule has 1 aromatic rings. The van der Waals surface area contributed by atoms with Crippen molar-refractivity contribution in [3.63, 3.8) is 0 Å². The molecule has 9 heteroatoms. The predicted molar refractivity (Wildman–Crippen MR) is 88.0 cm³/mol. The van der Waals surface area contributed by atoms with Crippen molar-refractivity contribution in [3.05, 3.63) is 29.3 Å². The highest BCUT2D eigenvalue weighted by Crippen LogP contribution is 2.20. The van der Waals surface area contributed by atoms with Gasteiger partial charge in [-0.1, -0.05) is 11.6 Å². The molecule has 2 rings (SSSR count). The van der Waals surface area contributed by atoms with Gasteiger partial charge in [-0.05, 0) is 24.3 Å². The summed E-state index contributed by atoms with van der Waals surface area (Å²) in [4.78, 5) is 24.8. The van der Waals surface area contributed by atoms with E-state index in [-0.39, 0.29) is 36.7 Å². The van der Waals surface area contributed by atoms with Crippen LogP contribution in [-0.2, 0) is 24.3 Å². The molecule has 1 fully saturated rings. The molecule has 0 aliphatic carbocycles. The van der Waals surface area contributed by atoms with E-state index in [9.17, 15) is 18.0 Å². The maximum absolute atomic E-state index is 12.5. The van der Waals surface area contributed by atoms with Gasteiger partial charge in [0.15, 0.2) is 0 Å². The zero-order chi connectivity index (χ0) is 17.7. The number of hydrogen-bond acceptors (Lipinski definition) is 5. The Kier molecular flexibility index (Phi) is 6.20. The predicted octanol–water partition coefficient (Wildman–Crippen LogP) is 1.13. The molecular weight excluding hydrogens is 356 g/mol.